The van der Waals surface area contributed by atoms with Crippen molar-refractivity contribution >= 4 is 5.95 Å². The van der Waals surface area contributed by atoms with Gasteiger partial charge in [0.15, 0.2) is 5.82 Å². The van der Waals surface area contributed by atoms with Crippen molar-refractivity contribution in [3.05, 3.63) is 48.3 Å². The second-order valence-electron chi connectivity index (χ2n) is 6.64. The molecular formula is C18H21FN4O2. The molecule has 2 aliphatic heterocycles. The van der Waals surface area contributed by atoms with Crippen LogP contribution in [0.2, 0.25) is 0 Å². The summed E-state index contributed by atoms with van der Waals surface area (Å²) in [5, 5.41) is 0. The second-order valence-corrected chi connectivity index (χ2v) is 6.64. The summed E-state index contributed by atoms with van der Waals surface area (Å²) in [6, 6.07) is 5.83. The first-order chi connectivity index (χ1) is 12.2. The van der Waals surface area contributed by atoms with Crippen LogP contribution in [0.3, 0.4) is 0 Å². The molecule has 25 heavy (non-hydrogen) atoms. The molecular weight excluding hydrogens is 323 g/mol. The summed E-state index contributed by atoms with van der Waals surface area (Å²) in [7, 11) is 0. The first kappa shape index (κ1) is 16.4. The second kappa shape index (κ2) is 7.01. The van der Waals surface area contributed by atoms with E-state index < -0.39 is 5.82 Å². The number of ether oxygens (including phenoxy) is 2. The molecule has 2 aromatic rings. The highest BCUT2D eigenvalue weighted by Gasteiger charge is 2.43. The van der Waals surface area contributed by atoms with Gasteiger partial charge in [0.25, 0.3) is 0 Å². The van der Waals surface area contributed by atoms with Crippen LogP contribution in [0.1, 0.15) is 25.0 Å². The summed E-state index contributed by atoms with van der Waals surface area (Å²) in [5.41, 5.74) is 0.817. The Balaban J connectivity index is 1.29. The number of rotatable bonds is 4. The van der Waals surface area contributed by atoms with Crippen LogP contribution in [0, 0.1) is 5.82 Å². The van der Waals surface area contributed by atoms with E-state index in [4.69, 9.17) is 9.47 Å². The fraction of sp³-hybridized carbons (Fsp3) is 0.500. The third-order valence-electron chi connectivity index (χ3n) is 4.93. The first-order valence-corrected chi connectivity index (χ1v) is 8.60. The molecule has 0 aromatic carbocycles. The normalized spacial score (nSPS) is 22.4. The van der Waals surface area contributed by atoms with Gasteiger partial charge in [-0.25, -0.2) is 14.4 Å². The van der Waals surface area contributed by atoms with Crippen molar-refractivity contribution < 1.29 is 13.9 Å². The van der Waals surface area contributed by atoms with E-state index in [1.165, 1.54) is 12.4 Å². The molecule has 7 heteroatoms. The van der Waals surface area contributed by atoms with Crippen molar-refractivity contribution in [2.24, 2.45) is 0 Å². The van der Waals surface area contributed by atoms with Gasteiger partial charge in [0, 0.05) is 25.7 Å². The van der Waals surface area contributed by atoms with Crippen molar-refractivity contribution in [3.63, 3.8) is 0 Å². The SMILES string of the molecule is Fc1cnc(N2CCC3(CC2)CC(OCc2ccccn2)CO3)nc1. The highest BCUT2D eigenvalue weighted by molar-refractivity contribution is 5.30. The summed E-state index contributed by atoms with van der Waals surface area (Å²) in [6.45, 7) is 2.75. The number of hydrogen-bond donors (Lipinski definition) is 0. The lowest BCUT2D eigenvalue weighted by Crippen LogP contribution is -2.45. The van der Waals surface area contributed by atoms with E-state index in [0.29, 0.717) is 19.2 Å². The van der Waals surface area contributed by atoms with E-state index in [-0.39, 0.29) is 11.7 Å². The Kier molecular flexibility index (Phi) is 4.59. The highest BCUT2D eigenvalue weighted by Crippen LogP contribution is 2.37. The number of aromatic nitrogens is 3. The van der Waals surface area contributed by atoms with Gasteiger partial charge in [-0.2, -0.15) is 0 Å². The minimum Gasteiger partial charge on any atom is -0.372 e. The summed E-state index contributed by atoms with van der Waals surface area (Å²) >= 11 is 0. The number of halogens is 1. The maximum atomic E-state index is 13.0. The van der Waals surface area contributed by atoms with Crippen molar-refractivity contribution in [1.29, 1.82) is 0 Å². The Morgan fingerprint density at radius 3 is 2.72 bits per heavy atom. The van der Waals surface area contributed by atoms with E-state index >= 15 is 0 Å². The van der Waals surface area contributed by atoms with Gasteiger partial charge in [0.05, 0.1) is 43.0 Å². The number of hydrogen-bond acceptors (Lipinski definition) is 6. The van der Waals surface area contributed by atoms with E-state index in [9.17, 15) is 4.39 Å². The first-order valence-electron chi connectivity index (χ1n) is 8.60. The van der Waals surface area contributed by atoms with Gasteiger partial charge >= 0.3 is 0 Å². The van der Waals surface area contributed by atoms with Gasteiger partial charge in [0.1, 0.15) is 0 Å². The number of nitrogens with zero attached hydrogens (tertiary/aromatic N) is 4. The average molecular weight is 344 g/mol. The van der Waals surface area contributed by atoms with E-state index in [1.807, 2.05) is 18.2 Å². The van der Waals surface area contributed by atoms with Gasteiger partial charge in [-0.3, -0.25) is 4.98 Å². The summed E-state index contributed by atoms with van der Waals surface area (Å²) < 4.78 is 25.0. The number of anilines is 1. The van der Waals surface area contributed by atoms with E-state index in [1.54, 1.807) is 6.20 Å². The molecule has 1 atom stereocenters. The third kappa shape index (κ3) is 3.77. The van der Waals surface area contributed by atoms with Gasteiger partial charge in [-0.1, -0.05) is 6.07 Å². The summed E-state index contributed by atoms with van der Waals surface area (Å²) in [5.74, 6) is 0.168. The van der Waals surface area contributed by atoms with Crippen LogP contribution in [0.25, 0.3) is 0 Å². The van der Waals surface area contributed by atoms with Crippen LogP contribution < -0.4 is 4.90 Å². The topological polar surface area (TPSA) is 60.4 Å². The molecule has 0 bridgehead atoms. The molecule has 2 aliphatic rings. The predicted octanol–water partition coefficient (Wildman–Crippen LogP) is 2.36. The Hall–Kier alpha value is -2.12. The average Bonchev–Trinajstić information content (AvgIpc) is 3.05. The molecule has 132 valence electrons. The van der Waals surface area contributed by atoms with Crippen LogP contribution in [-0.2, 0) is 16.1 Å². The van der Waals surface area contributed by atoms with Crippen LogP contribution in [0.15, 0.2) is 36.8 Å². The molecule has 2 aromatic heterocycles. The van der Waals surface area contributed by atoms with E-state index in [0.717, 1.165) is 38.0 Å². The van der Waals surface area contributed by atoms with Gasteiger partial charge < -0.3 is 14.4 Å². The van der Waals surface area contributed by atoms with Crippen molar-refractivity contribution in [1.82, 2.24) is 15.0 Å². The Morgan fingerprint density at radius 2 is 2.00 bits per heavy atom. The van der Waals surface area contributed by atoms with Crippen molar-refractivity contribution in [2.75, 3.05) is 24.6 Å². The lowest BCUT2D eigenvalue weighted by Gasteiger charge is -2.38. The molecule has 4 rings (SSSR count). The molecule has 0 saturated carbocycles. The van der Waals surface area contributed by atoms with Crippen molar-refractivity contribution in [2.45, 2.75) is 37.6 Å². The van der Waals surface area contributed by atoms with Crippen LogP contribution in [0.5, 0.6) is 0 Å². The Morgan fingerprint density at radius 1 is 1.20 bits per heavy atom. The zero-order chi connectivity index (χ0) is 17.1. The Labute approximate surface area is 146 Å². The highest BCUT2D eigenvalue weighted by atomic mass is 19.1. The molecule has 6 nitrogen and oxygen atoms in total. The van der Waals surface area contributed by atoms with Crippen LogP contribution >= 0.6 is 0 Å². The third-order valence-corrected chi connectivity index (χ3v) is 4.93. The monoisotopic (exact) mass is 344 g/mol. The van der Waals surface area contributed by atoms with E-state index in [2.05, 4.69) is 19.9 Å². The maximum absolute atomic E-state index is 13.0. The summed E-state index contributed by atoms with van der Waals surface area (Å²) in [6.07, 6.45) is 7.00. The fourth-order valence-electron chi connectivity index (χ4n) is 3.53. The molecule has 4 heterocycles. The van der Waals surface area contributed by atoms with Crippen LogP contribution in [-0.4, -0.2) is 46.4 Å². The molecule has 2 saturated heterocycles. The van der Waals surface area contributed by atoms with Crippen molar-refractivity contribution in [3.8, 4) is 0 Å². The number of pyridine rings is 1. The van der Waals surface area contributed by atoms with Gasteiger partial charge in [0.2, 0.25) is 5.95 Å². The zero-order valence-corrected chi connectivity index (χ0v) is 14.0. The fourth-order valence-corrected chi connectivity index (χ4v) is 3.53. The minimum atomic E-state index is -0.413. The maximum Gasteiger partial charge on any atom is 0.225 e. The quantitative estimate of drug-likeness (QED) is 0.849. The predicted molar refractivity (Wildman–Crippen MR) is 89.6 cm³/mol. The molecule has 0 amide bonds. The lowest BCUT2D eigenvalue weighted by atomic mass is 9.88. The van der Waals surface area contributed by atoms with Crippen LogP contribution in [0.4, 0.5) is 10.3 Å². The largest absolute Gasteiger partial charge is 0.372 e. The molecule has 1 spiro atoms. The Bertz CT molecular complexity index is 690. The standard InChI is InChI=1S/C18H21FN4O2/c19-14-10-21-17(22-11-14)23-7-4-18(5-8-23)9-16(13-25-18)24-12-15-3-1-2-6-20-15/h1-3,6,10-11,16H,4-5,7-9,12-13H2. The molecule has 0 N–H and O–H groups in total. The lowest BCUT2D eigenvalue weighted by molar-refractivity contribution is -0.0206. The molecule has 0 aliphatic carbocycles. The molecule has 0 radical (unpaired) electrons. The smallest absolute Gasteiger partial charge is 0.225 e. The zero-order valence-electron chi connectivity index (χ0n) is 14.0. The number of piperidine rings is 1. The van der Waals surface area contributed by atoms with Gasteiger partial charge in [-0.15, -0.1) is 0 Å². The molecule has 2 fully saturated rings. The van der Waals surface area contributed by atoms with Gasteiger partial charge in [-0.05, 0) is 25.0 Å². The minimum absolute atomic E-state index is 0.107. The molecule has 1 unspecified atom stereocenters. The summed E-state index contributed by atoms with van der Waals surface area (Å²) in [4.78, 5) is 14.5.